The summed E-state index contributed by atoms with van der Waals surface area (Å²) in [6, 6.07) is 22.6. The van der Waals surface area contributed by atoms with Gasteiger partial charge in [0.25, 0.3) is 5.91 Å². The van der Waals surface area contributed by atoms with Gasteiger partial charge in [-0.05, 0) is 42.5 Å². The molecule has 6 heteroatoms. The van der Waals surface area contributed by atoms with Gasteiger partial charge in [-0.3, -0.25) is 4.79 Å². The largest absolute Gasteiger partial charge is 0.340 e. The van der Waals surface area contributed by atoms with Crippen molar-refractivity contribution in [3.63, 3.8) is 0 Å². The first-order valence-corrected chi connectivity index (χ1v) is 8.35. The lowest BCUT2D eigenvalue weighted by Gasteiger charge is -2.11. The van der Waals surface area contributed by atoms with E-state index in [1.54, 1.807) is 6.07 Å². The normalized spacial score (nSPS) is 10.6. The highest BCUT2D eigenvalue weighted by atomic mass is 19.1. The van der Waals surface area contributed by atoms with Crippen LogP contribution in [-0.4, -0.2) is 15.9 Å². The van der Waals surface area contributed by atoms with E-state index in [1.807, 2.05) is 54.6 Å². The molecule has 4 rings (SSSR count). The molecule has 1 aromatic heterocycles. The number of anilines is 3. The van der Waals surface area contributed by atoms with Crippen LogP contribution < -0.4 is 10.6 Å². The van der Waals surface area contributed by atoms with Crippen LogP contribution >= 0.6 is 0 Å². The minimum Gasteiger partial charge on any atom is -0.340 e. The van der Waals surface area contributed by atoms with Gasteiger partial charge in [-0.2, -0.15) is 0 Å². The summed E-state index contributed by atoms with van der Waals surface area (Å²) in [5.41, 5.74) is 1.82. The molecule has 5 nitrogen and oxygen atoms in total. The molecule has 0 spiro atoms. The zero-order valence-electron chi connectivity index (χ0n) is 14.2. The zero-order chi connectivity index (χ0) is 18.6. The third-order valence-corrected chi connectivity index (χ3v) is 3.93. The molecular formula is C21H15FN4O. The van der Waals surface area contributed by atoms with Gasteiger partial charge in [0.15, 0.2) is 0 Å². The molecule has 4 aromatic rings. The van der Waals surface area contributed by atoms with Gasteiger partial charge in [0, 0.05) is 16.8 Å². The molecule has 132 valence electrons. The van der Waals surface area contributed by atoms with Crippen LogP contribution in [0.3, 0.4) is 0 Å². The topological polar surface area (TPSA) is 66.9 Å². The van der Waals surface area contributed by atoms with Crippen LogP contribution in [0.15, 0.2) is 78.9 Å². The molecule has 0 fully saturated rings. The lowest BCUT2D eigenvalue weighted by atomic mass is 10.2. The van der Waals surface area contributed by atoms with E-state index in [4.69, 9.17) is 0 Å². The molecule has 0 saturated carbocycles. The summed E-state index contributed by atoms with van der Waals surface area (Å²) in [6.07, 6.45) is 0. The van der Waals surface area contributed by atoms with Gasteiger partial charge in [-0.1, -0.05) is 36.4 Å². The predicted octanol–water partition coefficient (Wildman–Crippen LogP) is 4.76. The minimum atomic E-state index is -0.512. The van der Waals surface area contributed by atoms with E-state index in [-0.39, 0.29) is 5.82 Å². The number of benzene rings is 3. The van der Waals surface area contributed by atoms with Crippen molar-refractivity contribution in [3.8, 4) is 0 Å². The van der Waals surface area contributed by atoms with Crippen molar-refractivity contribution in [2.75, 3.05) is 10.6 Å². The molecule has 0 bridgehead atoms. The number of hydrogen-bond acceptors (Lipinski definition) is 4. The first-order valence-electron chi connectivity index (χ1n) is 8.35. The number of fused-ring (bicyclic) bond motifs is 1. The Bertz CT molecular complexity index is 1120. The summed E-state index contributed by atoms with van der Waals surface area (Å²) in [6.45, 7) is 0. The van der Waals surface area contributed by atoms with Gasteiger partial charge in [0.2, 0.25) is 5.82 Å². The Kier molecular flexibility index (Phi) is 4.45. The Hall–Kier alpha value is -3.80. The van der Waals surface area contributed by atoms with Crippen molar-refractivity contribution < 1.29 is 9.18 Å². The summed E-state index contributed by atoms with van der Waals surface area (Å²) < 4.78 is 13.3. The molecule has 0 atom stereocenters. The molecule has 0 aliphatic rings. The van der Waals surface area contributed by atoms with Gasteiger partial charge in [0.1, 0.15) is 11.6 Å². The SMILES string of the molecule is O=C(Nc1cccc(F)c1)c1nc(Nc2ccccc2)c2ccccc2n1. The van der Waals surface area contributed by atoms with Crippen molar-refractivity contribution >= 4 is 34.0 Å². The maximum atomic E-state index is 13.3. The van der Waals surface area contributed by atoms with Crippen LogP contribution in [0.5, 0.6) is 0 Å². The van der Waals surface area contributed by atoms with E-state index >= 15 is 0 Å². The Balaban J connectivity index is 1.71. The summed E-state index contributed by atoms with van der Waals surface area (Å²) in [5.74, 6) is -0.422. The number of hydrogen-bond donors (Lipinski definition) is 2. The van der Waals surface area contributed by atoms with Crippen LogP contribution in [0, 0.1) is 5.82 Å². The third kappa shape index (κ3) is 3.74. The molecule has 1 heterocycles. The number of halogens is 1. The van der Waals surface area contributed by atoms with Gasteiger partial charge < -0.3 is 10.6 Å². The second-order valence-corrected chi connectivity index (χ2v) is 5.87. The molecule has 3 aromatic carbocycles. The second kappa shape index (κ2) is 7.21. The number of carbonyl (C=O) groups is 1. The Morgan fingerprint density at radius 3 is 2.37 bits per heavy atom. The smallest absolute Gasteiger partial charge is 0.293 e. The van der Waals surface area contributed by atoms with E-state index in [2.05, 4.69) is 20.6 Å². The van der Waals surface area contributed by atoms with E-state index in [1.165, 1.54) is 18.2 Å². The molecule has 0 aliphatic heterocycles. The highest BCUT2D eigenvalue weighted by Crippen LogP contribution is 2.24. The lowest BCUT2D eigenvalue weighted by molar-refractivity contribution is 0.101. The monoisotopic (exact) mass is 358 g/mol. The zero-order valence-corrected chi connectivity index (χ0v) is 14.2. The maximum absolute atomic E-state index is 13.3. The third-order valence-electron chi connectivity index (χ3n) is 3.93. The van der Waals surface area contributed by atoms with Crippen molar-refractivity contribution in [1.29, 1.82) is 0 Å². The fraction of sp³-hybridized carbons (Fsp3) is 0. The molecular weight excluding hydrogens is 343 g/mol. The highest BCUT2D eigenvalue weighted by molar-refractivity contribution is 6.04. The molecule has 0 radical (unpaired) electrons. The summed E-state index contributed by atoms with van der Waals surface area (Å²) in [4.78, 5) is 21.3. The van der Waals surface area contributed by atoms with Crippen LogP contribution in [-0.2, 0) is 0 Å². The summed E-state index contributed by atoms with van der Waals surface area (Å²) in [7, 11) is 0. The standard InChI is InChI=1S/C21H15FN4O/c22-14-7-6-10-16(13-14)24-21(27)20-25-18-12-5-4-11-17(18)19(26-20)23-15-8-2-1-3-9-15/h1-13H,(H,24,27)(H,23,25,26). The number of para-hydroxylation sites is 2. The fourth-order valence-corrected chi connectivity index (χ4v) is 2.68. The van der Waals surface area contributed by atoms with Gasteiger partial charge in [0.05, 0.1) is 5.52 Å². The lowest BCUT2D eigenvalue weighted by Crippen LogP contribution is -2.16. The first kappa shape index (κ1) is 16.7. The summed E-state index contributed by atoms with van der Waals surface area (Å²) in [5, 5.41) is 6.64. The van der Waals surface area contributed by atoms with E-state index in [0.717, 1.165) is 11.1 Å². The number of nitrogens with one attached hydrogen (secondary N) is 2. The van der Waals surface area contributed by atoms with Crippen molar-refractivity contribution in [2.45, 2.75) is 0 Å². The number of nitrogens with zero attached hydrogens (tertiary/aromatic N) is 2. The minimum absolute atomic E-state index is 0.00334. The van der Waals surface area contributed by atoms with Crippen LogP contribution in [0.4, 0.5) is 21.6 Å². The number of carbonyl (C=O) groups excluding carboxylic acids is 1. The predicted molar refractivity (Wildman–Crippen MR) is 104 cm³/mol. The average molecular weight is 358 g/mol. The van der Waals surface area contributed by atoms with Crippen molar-refractivity contribution in [3.05, 3.63) is 90.5 Å². The molecule has 0 aliphatic carbocycles. The van der Waals surface area contributed by atoms with E-state index < -0.39 is 11.7 Å². The Labute approximate surface area is 154 Å². The van der Waals surface area contributed by atoms with Crippen molar-refractivity contribution in [1.82, 2.24) is 9.97 Å². The number of amides is 1. The highest BCUT2D eigenvalue weighted by Gasteiger charge is 2.14. The van der Waals surface area contributed by atoms with Crippen LogP contribution in [0.1, 0.15) is 10.6 Å². The number of rotatable bonds is 4. The average Bonchev–Trinajstić information content (AvgIpc) is 2.69. The summed E-state index contributed by atoms with van der Waals surface area (Å²) >= 11 is 0. The van der Waals surface area contributed by atoms with Crippen LogP contribution in [0.25, 0.3) is 10.9 Å². The molecule has 0 saturated heterocycles. The molecule has 0 unspecified atom stereocenters. The Morgan fingerprint density at radius 2 is 1.56 bits per heavy atom. The molecule has 27 heavy (non-hydrogen) atoms. The fourth-order valence-electron chi connectivity index (χ4n) is 2.68. The molecule has 1 amide bonds. The van der Waals surface area contributed by atoms with Crippen LogP contribution in [0.2, 0.25) is 0 Å². The van der Waals surface area contributed by atoms with Crippen molar-refractivity contribution in [2.24, 2.45) is 0 Å². The second-order valence-electron chi connectivity index (χ2n) is 5.87. The van der Waals surface area contributed by atoms with E-state index in [0.29, 0.717) is 17.0 Å². The molecule has 2 N–H and O–H groups in total. The first-order chi connectivity index (χ1) is 13.2. The van der Waals surface area contributed by atoms with E-state index in [9.17, 15) is 9.18 Å². The van der Waals surface area contributed by atoms with Gasteiger partial charge in [-0.15, -0.1) is 0 Å². The number of aromatic nitrogens is 2. The maximum Gasteiger partial charge on any atom is 0.293 e. The van der Waals surface area contributed by atoms with Gasteiger partial charge >= 0.3 is 0 Å². The quantitative estimate of drug-likeness (QED) is 0.552. The van der Waals surface area contributed by atoms with Gasteiger partial charge in [-0.25, -0.2) is 14.4 Å². The Morgan fingerprint density at radius 1 is 0.815 bits per heavy atom.